The minimum absolute atomic E-state index is 0.0113. The number of alkyl halides is 3. The monoisotopic (exact) mass is 388 g/mol. The van der Waals surface area contributed by atoms with Crippen LogP contribution in [0.5, 0.6) is 11.5 Å². The topological polar surface area (TPSA) is 60.5 Å². The number of aromatic nitrogens is 1. The highest BCUT2D eigenvalue weighted by molar-refractivity contribution is 6.34. The van der Waals surface area contributed by atoms with E-state index < -0.39 is 24.7 Å². The van der Waals surface area contributed by atoms with Gasteiger partial charge in [-0.05, 0) is 37.3 Å². The summed E-state index contributed by atoms with van der Waals surface area (Å²) in [4.78, 5) is 16.3. The fourth-order valence-electron chi connectivity index (χ4n) is 2.05. The quantitative estimate of drug-likeness (QED) is 0.806. The molecule has 1 heterocycles. The van der Waals surface area contributed by atoms with Gasteiger partial charge in [-0.1, -0.05) is 11.6 Å². The number of carbonyl (C=O) groups excluding carboxylic acids is 1. The molecular formula is C17H16ClF3N2O3. The molecule has 1 aromatic carbocycles. The second-order valence-corrected chi connectivity index (χ2v) is 5.77. The molecule has 2 rings (SSSR count). The molecule has 1 aromatic heterocycles. The maximum Gasteiger partial charge on any atom is 0.422 e. The van der Waals surface area contributed by atoms with Crippen LogP contribution in [0.2, 0.25) is 5.02 Å². The summed E-state index contributed by atoms with van der Waals surface area (Å²) >= 11 is 6.06. The van der Waals surface area contributed by atoms with Gasteiger partial charge in [-0.3, -0.25) is 9.78 Å². The Morgan fingerprint density at radius 1 is 1.27 bits per heavy atom. The Labute approximate surface area is 153 Å². The number of nitrogens with one attached hydrogen (secondary N) is 1. The number of amides is 1. The highest BCUT2D eigenvalue weighted by Gasteiger charge is 2.28. The maximum atomic E-state index is 12.3. The number of methoxy groups -OCH3 is 1. The van der Waals surface area contributed by atoms with Crippen molar-refractivity contribution in [3.05, 3.63) is 52.8 Å². The number of hydrogen-bond donors (Lipinski definition) is 1. The average molecular weight is 389 g/mol. The molecule has 0 saturated heterocycles. The van der Waals surface area contributed by atoms with Crippen molar-refractivity contribution in [2.75, 3.05) is 13.7 Å². The molecule has 1 unspecified atom stereocenters. The number of nitrogens with zero attached hydrogens (tertiary/aromatic N) is 1. The van der Waals surface area contributed by atoms with Crippen molar-refractivity contribution < 1.29 is 27.4 Å². The van der Waals surface area contributed by atoms with Crippen LogP contribution in [-0.2, 0) is 0 Å². The van der Waals surface area contributed by atoms with Gasteiger partial charge in [0.2, 0.25) is 0 Å². The third-order valence-corrected chi connectivity index (χ3v) is 3.69. The molecular weight excluding hydrogens is 373 g/mol. The predicted molar refractivity (Wildman–Crippen MR) is 89.7 cm³/mol. The Morgan fingerprint density at radius 2 is 1.96 bits per heavy atom. The Kier molecular flexibility index (Phi) is 6.31. The van der Waals surface area contributed by atoms with Crippen LogP contribution in [0.15, 0.2) is 36.5 Å². The van der Waals surface area contributed by atoms with E-state index in [1.165, 1.54) is 37.6 Å². The fraction of sp³-hybridized carbons (Fsp3) is 0.294. The number of pyridine rings is 1. The van der Waals surface area contributed by atoms with E-state index in [0.29, 0.717) is 11.4 Å². The molecule has 2 aromatic rings. The van der Waals surface area contributed by atoms with E-state index in [1.807, 2.05) is 0 Å². The lowest BCUT2D eigenvalue weighted by Gasteiger charge is -2.15. The number of ether oxygens (including phenoxy) is 2. The summed E-state index contributed by atoms with van der Waals surface area (Å²) in [5.41, 5.74) is 0.729. The van der Waals surface area contributed by atoms with Crippen LogP contribution in [-0.4, -0.2) is 30.8 Å². The summed E-state index contributed by atoms with van der Waals surface area (Å²) in [5.74, 6) is 0.0999. The van der Waals surface area contributed by atoms with Crippen molar-refractivity contribution in [2.45, 2.75) is 19.1 Å². The van der Waals surface area contributed by atoms with E-state index in [1.54, 1.807) is 13.0 Å². The van der Waals surface area contributed by atoms with E-state index >= 15 is 0 Å². The smallest absolute Gasteiger partial charge is 0.422 e. The lowest BCUT2D eigenvalue weighted by atomic mass is 10.1. The Hall–Kier alpha value is -2.48. The minimum Gasteiger partial charge on any atom is -0.497 e. The average Bonchev–Trinajstić information content (AvgIpc) is 2.59. The number of rotatable bonds is 6. The summed E-state index contributed by atoms with van der Waals surface area (Å²) in [6.45, 7) is 0.296. The first-order chi connectivity index (χ1) is 12.2. The number of carbonyl (C=O) groups is 1. The van der Waals surface area contributed by atoms with Crippen LogP contribution in [0, 0.1) is 0 Å². The number of hydrogen-bond acceptors (Lipinski definition) is 4. The Morgan fingerprint density at radius 3 is 2.50 bits per heavy atom. The van der Waals surface area contributed by atoms with E-state index in [2.05, 4.69) is 15.0 Å². The lowest BCUT2D eigenvalue weighted by Crippen LogP contribution is -2.27. The predicted octanol–water partition coefficient (Wildman–Crippen LogP) is 4.18. The van der Waals surface area contributed by atoms with Gasteiger partial charge in [0.05, 0.1) is 35.6 Å². The summed E-state index contributed by atoms with van der Waals surface area (Å²) in [5, 5.41) is 2.95. The zero-order valence-corrected chi connectivity index (χ0v) is 14.7. The molecule has 0 spiro atoms. The Balaban J connectivity index is 2.00. The third-order valence-electron chi connectivity index (χ3n) is 3.37. The largest absolute Gasteiger partial charge is 0.497 e. The van der Waals surface area contributed by atoms with Crippen LogP contribution < -0.4 is 14.8 Å². The highest BCUT2D eigenvalue weighted by Crippen LogP contribution is 2.23. The standard InChI is InChI=1S/C17H16ClF3N2O3/c1-10(15-6-4-12(8-22-15)26-9-17(19,20)21)23-16(24)13-5-3-11(25-2)7-14(13)18/h3-8,10H,9H2,1-2H3,(H,23,24). The SMILES string of the molecule is COc1ccc(C(=O)NC(C)c2ccc(OCC(F)(F)F)cn2)c(Cl)c1. The minimum atomic E-state index is -4.42. The van der Waals surface area contributed by atoms with Crippen molar-refractivity contribution in [3.63, 3.8) is 0 Å². The second kappa shape index (κ2) is 8.27. The number of halogens is 4. The van der Waals surface area contributed by atoms with Crippen molar-refractivity contribution in [1.82, 2.24) is 10.3 Å². The molecule has 0 radical (unpaired) electrons. The molecule has 1 atom stereocenters. The first-order valence-corrected chi connectivity index (χ1v) is 7.87. The van der Waals surface area contributed by atoms with Gasteiger partial charge in [0.1, 0.15) is 11.5 Å². The molecule has 140 valence electrons. The summed E-state index contributed by atoms with van der Waals surface area (Å²) in [6.07, 6.45) is -3.25. The first-order valence-electron chi connectivity index (χ1n) is 7.49. The van der Waals surface area contributed by atoms with Crippen LogP contribution in [0.4, 0.5) is 13.2 Å². The van der Waals surface area contributed by atoms with Gasteiger partial charge in [0.15, 0.2) is 6.61 Å². The molecule has 1 N–H and O–H groups in total. The normalized spacial score (nSPS) is 12.4. The molecule has 26 heavy (non-hydrogen) atoms. The summed E-state index contributed by atoms with van der Waals surface area (Å²) in [6, 6.07) is 7.01. The van der Waals surface area contributed by atoms with Gasteiger partial charge in [-0.15, -0.1) is 0 Å². The fourth-order valence-corrected chi connectivity index (χ4v) is 2.31. The molecule has 1 amide bonds. The van der Waals surface area contributed by atoms with E-state index in [4.69, 9.17) is 16.3 Å². The zero-order valence-electron chi connectivity index (χ0n) is 13.9. The van der Waals surface area contributed by atoms with Gasteiger partial charge in [-0.25, -0.2) is 0 Å². The van der Waals surface area contributed by atoms with Gasteiger partial charge < -0.3 is 14.8 Å². The summed E-state index contributed by atoms with van der Waals surface area (Å²) in [7, 11) is 1.49. The molecule has 0 aliphatic heterocycles. The van der Waals surface area contributed by atoms with Gasteiger partial charge in [0, 0.05) is 0 Å². The van der Waals surface area contributed by atoms with Crippen molar-refractivity contribution in [1.29, 1.82) is 0 Å². The molecule has 0 bridgehead atoms. The van der Waals surface area contributed by atoms with Gasteiger partial charge in [-0.2, -0.15) is 13.2 Å². The molecule has 5 nitrogen and oxygen atoms in total. The van der Waals surface area contributed by atoms with Crippen molar-refractivity contribution in [2.24, 2.45) is 0 Å². The lowest BCUT2D eigenvalue weighted by molar-refractivity contribution is -0.153. The van der Waals surface area contributed by atoms with Crippen LogP contribution in [0.25, 0.3) is 0 Å². The Bertz CT molecular complexity index is 767. The summed E-state index contributed by atoms with van der Waals surface area (Å²) < 4.78 is 46.0. The molecule has 0 aliphatic carbocycles. The van der Waals surface area contributed by atoms with Gasteiger partial charge in [0.25, 0.3) is 5.91 Å². The van der Waals surface area contributed by atoms with E-state index in [0.717, 1.165) is 0 Å². The number of benzene rings is 1. The van der Waals surface area contributed by atoms with Crippen molar-refractivity contribution >= 4 is 17.5 Å². The zero-order chi connectivity index (χ0) is 19.3. The third kappa shape index (κ3) is 5.52. The maximum absolute atomic E-state index is 12.3. The second-order valence-electron chi connectivity index (χ2n) is 5.36. The first kappa shape index (κ1) is 19.8. The molecule has 0 aliphatic rings. The molecule has 0 saturated carbocycles. The molecule has 0 fully saturated rings. The van der Waals surface area contributed by atoms with Crippen LogP contribution in [0.1, 0.15) is 29.0 Å². The van der Waals surface area contributed by atoms with Crippen LogP contribution in [0.3, 0.4) is 0 Å². The van der Waals surface area contributed by atoms with Crippen LogP contribution >= 0.6 is 11.6 Å². The van der Waals surface area contributed by atoms with Gasteiger partial charge >= 0.3 is 6.18 Å². The molecule has 9 heteroatoms. The van der Waals surface area contributed by atoms with E-state index in [-0.39, 0.29) is 16.3 Å². The van der Waals surface area contributed by atoms with Crippen molar-refractivity contribution in [3.8, 4) is 11.5 Å². The van der Waals surface area contributed by atoms with E-state index in [9.17, 15) is 18.0 Å². The highest BCUT2D eigenvalue weighted by atomic mass is 35.5.